The summed E-state index contributed by atoms with van der Waals surface area (Å²) in [6, 6.07) is 0. The lowest BCUT2D eigenvalue weighted by Crippen LogP contribution is -2.02. The third-order valence-corrected chi connectivity index (χ3v) is 0.581. The van der Waals surface area contributed by atoms with Crippen LogP contribution in [-0.2, 0) is 22.2 Å². The van der Waals surface area contributed by atoms with Crippen LogP contribution in [0.4, 0.5) is 0 Å². The van der Waals surface area contributed by atoms with Gasteiger partial charge in [-0.1, -0.05) is 5.75 Å². The minimum Gasteiger partial charge on any atom is -0.782 e. The summed E-state index contributed by atoms with van der Waals surface area (Å²) in [6.07, 6.45) is 0. The lowest BCUT2D eigenvalue weighted by atomic mass is 10.8. The number of ether oxygens (including phenoxy) is 1. The van der Waals surface area contributed by atoms with Gasteiger partial charge in [-0.15, -0.1) is 0 Å². The van der Waals surface area contributed by atoms with Crippen molar-refractivity contribution in [2.24, 2.45) is 0 Å². The van der Waals surface area contributed by atoms with Gasteiger partial charge < -0.3 is 17.4 Å². The van der Waals surface area contributed by atoms with Crippen LogP contribution in [0.15, 0.2) is 0 Å². The number of hydrogen-bond donors (Lipinski definition) is 0. The highest BCUT2D eigenvalue weighted by atomic mass is 32.1. The molecule has 0 aromatic carbocycles. The maximum Gasteiger partial charge on any atom is 0.281 e. The number of esters is 1. The molecular weight excluding hydrogens is 100 g/mol. The number of carbonyl (C=O) groups is 1. The second kappa shape index (κ2) is 3.03. The van der Waals surface area contributed by atoms with Gasteiger partial charge in [0.05, 0.1) is 7.11 Å². The second-order valence-electron chi connectivity index (χ2n) is 0.720. The van der Waals surface area contributed by atoms with Gasteiger partial charge in [-0.2, -0.15) is 0 Å². The number of carbonyl (C=O) groups excluding carboxylic acids is 1. The van der Waals surface area contributed by atoms with Crippen molar-refractivity contribution in [3.05, 3.63) is 0 Å². The van der Waals surface area contributed by atoms with E-state index < -0.39 is 0 Å². The number of rotatable bonds is 1. The van der Waals surface area contributed by atoms with Crippen molar-refractivity contribution < 1.29 is 9.53 Å². The van der Waals surface area contributed by atoms with Crippen molar-refractivity contribution in [1.29, 1.82) is 0 Å². The van der Waals surface area contributed by atoms with Crippen LogP contribution in [0.2, 0.25) is 0 Å². The SMILES string of the molecule is COC(=O)C[S-]. The Morgan fingerprint density at radius 2 is 2.50 bits per heavy atom. The lowest BCUT2D eigenvalue weighted by Gasteiger charge is -1.96. The summed E-state index contributed by atoms with van der Waals surface area (Å²) in [7, 11) is 1.31. The highest BCUT2D eigenvalue weighted by Gasteiger charge is 1.80. The number of hydrogen-bond acceptors (Lipinski definition) is 3. The van der Waals surface area contributed by atoms with Crippen LogP contribution in [0.5, 0.6) is 0 Å². The maximum atomic E-state index is 9.85. The van der Waals surface area contributed by atoms with Crippen molar-refractivity contribution >= 4 is 18.6 Å². The Morgan fingerprint density at radius 3 is 2.50 bits per heavy atom. The molecule has 3 heteroatoms. The molecular formula is C3H5O2S-. The molecule has 0 bridgehead atoms. The molecule has 0 heterocycles. The lowest BCUT2D eigenvalue weighted by molar-refractivity contribution is -0.137. The predicted octanol–water partition coefficient (Wildman–Crippen LogP) is -0.294. The Hall–Kier alpha value is -0.180. The Bertz CT molecular complexity index is 46.8. The average Bonchev–Trinajstić information content (AvgIpc) is 1.65. The fraction of sp³-hybridized carbons (Fsp3) is 0.667. The van der Waals surface area contributed by atoms with Gasteiger partial charge in [0, 0.05) is 0 Å². The zero-order chi connectivity index (χ0) is 4.99. The standard InChI is InChI=1S/C3H6O2S/c1-5-3(4)2-6/h6H,2H2,1H3/p-1. The molecule has 0 aromatic heterocycles. The Balaban J connectivity index is 2.99. The van der Waals surface area contributed by atoms with E-state index in [0.29, 0.717) is 0 Å². The third-order valence-electron chi connectivity index (χ3n) is 0.346. The highest BCUT2D eigenvalue weighted by molar-refractivity contribution is 7.59. The van der Waals surface area contributed by atoms with Crippen molar-refractivity contribution in [3.63, 3.8) is 0 Å². The highest BCUT2D eigenvalue weighted by Crippen LogP contribution is 1.65. The first-order chi connectivity index (χ1) is 2.81. The topological polar surface area (TPSA) is 26.3 Å². The fourth-order valence-corrected chi connectivity index (χ4v) is 0.177. The summed E-state index contributed by atoms with van der Waals surface area (Å²) in [5, 5.41) is 0. The van der Waals surface area contributed by atoms with Crippen LogP contribution in [0.1, 0.15) is 0 Å². The maximum absolute atomic E-state index is 9.85. The monoisotopic (exact) mass is 105 g/mol. The van der Waals surface area contributed by atoms with Crippen molar-refractivity contribution in [3.8, 4) is 0 Å². The summed E-state index contributed by atoms with van der Waals surface area (Å²) >= 11 is 4.30. The first-order valence-corrected chi connectivity index (χ1v) is 2.04. The first kappa shape index (κ1) is 5.82. The van der Waals surface area contributed by atoms with Crippen LogP contribution in [0.3, 0.4) is 0 Å². The molecule has 0 radical (unpaired) electrons. The van der Waals surface area contributed by atoms with E-state index in [0.717, 1.165) is 0 Å². The summed E-state index contributed by atoms with van der Waals surface area (Å²) in [4.78, 5) is 9.85. The molecule has 0 spiro atoms. The molecule has 0 saturated carbocycles. The van der Waals surface area contributed by atoms with Gasteiger partial charge in [0.15, 0.2) is 0 Å². The smallest absolute Gasteiger partial charge is 0.281 e. The predicted molar refractivity (Wildman–Crippen MR) is 24.2 cm³/mol. The quantitative estimate of drug-likeness (QED) is 0.338. The first-order valence-electron chi connectivity index (χ1n) is 1.46. The van der Waals surface area contributed by atoms with Gasteiger partial charge >= 0.3 is 0 Å². The van der Waals surface area contributed by atoms with Gasteiger partial charge in [-0.25, -0.2) is 0 Å². The van der Waals surface area contributed by atoms with Gasteiger partial charge in [-0.3, -0.25) is 4.79 Å². The molecule has 2 nitrogen and oxygen atoms in total. The molecule has 0 N–H and O–H groups in total. The minimum atomic E-state index is -0.343. The van der Waals surface area contributed by atoms with Crippen molar-refractivity contribution in [2.75, 3.05) is 12.9 Å². The van der Waals surface area contributed by atoms with Crippen LogP contribution >= 0.6 is 0 Å². The summed E-state index contributed by atoms with van der Waals surface area (Å²) in [5.41, 5.74) is 0. The molecule has 0 rings (SSSR count). The van der Waals surface area contributed by atoms with E-state index in [2.05, 4.69) is 17.4 Å². The van der Waals surface area contributed by atoms with Gasteiger partial charge in [0.1, 0.15) is 0 Å². The van der Waals surface area contributed by atoms with Gasteiger partial charge in [0.25, 0.3) is 5.97 Å². The molecule has 0 unspecified atom stereocenters. The Morgan fingerprint density at radius 1 is 2.00 bits per heavy atom. The van der Waals surface area contributed by atoms with E-state index in [9.17, 15) is 4.79 Å². The summed E-state index contributed by atoms with van der Waals surface area (Å²) in [6.45, 7) is 0. The van der Waals surface area contributed by atoms with E-state index in [4.69, 9.17) is 0 Å². The normalized spacial score (nSPS) is 7.67. The molecule has 36 valence electrons. The fourth-order valence-electron chi connectivity index (χ4n) is 0.0589. The summed E-state index contributed by atoms with van der Waals surface area (Å²) < 4.78 is 4.16. The molecule has 0 atom stereocenters. The molecule has 0 saturated heterocycles. The molecule has 0 amide bonds. The summed E-state index contributed by atoms with van der Waals surface area (Å²) in [5.74, 6) is -0.291. The van der Waals surface area contributed by atoms with E-state index in [1.165, 1.54) is 7.11 Å². The van der Waals surface area contributed by atoms with Gasteiger partial charge in [-0.05, 0) is 0 Å². The minimum absolute atomic E-state index is 0.0521. The second-order valence-corrected chi connectivity index (χ2v) is 1.01. The zero-order valence-corrected chi connectivity index (χ0v) is 4.25. The van der Waals surface area contributed by atoms with Crippen LogP contribution in [0.25, 0.3) is 0 Å². The third kappa shape index (κ3) is 2.08. The average molecular weight is 105 g/mol. The zero-order valence-electron chi connectivity index (χ0n) is 3.43. The molecule has 0 aliphatic rings. The van der Waals surface area contributed by atoms with E-state index in [1.54, 1.807) is 0 Å². The van der Waals surface area contributed by atoms with Crippen molar-refractivity contribution in [1.82, 2.24) is 0 Å². The molecule has 6 heavy (non-hydrogen) atoms. The number of methoxy groups -OCH3 is 1. The van der Waals surface area contributed by atoms with Crippen molar-refractivity contribution in [2.45, 2.75) is 0 Å². The molecule has 0 fully saturated rings. The van der Waals surface area contributed by atoms with E-state index >= 15 is 0 Å². The van der Waals surface area contributed by atoms with Crippen LogP contribution < -0.4 is 0 Å². The molecule has 0 aliphatic carbocycles. The van der Waals surface area contributed by atoms with Gasteiger partial charge in [0.2, 0.25) is 0 Å². The van der Waals surface area contributed by atoms with Crippen LogP contribution in [0, 0.1) is 0 Å². The molecule has 0 aromatic rings. The van der Waals surface area contributed by atoms with E-state index in [1.807, 2.05) is 0 Å². The largest absolute Gasteiger partial charge is 0.782 e. The van der Waals surface area contributed by atoms with Crippen LogP contribution in [-0.4, -0.2) is 18.8 Å². The Labute approximate surface area is 41.9 Å². The van der Waals surface area contributed by atoms with E-state index in [-0.39, 0.29) is 11.7 Å². The Kier molecular flexibility index (Phi) is 2.94. The molecule has 0 aliphatic heterocycles.